The molecule has 1 N–H and O–H groups in total. The smallest absolute Gasteiger partial charge is 0.238 e. The summed E-state index contributed by atoms with van der Waals surface area (Å²) in [4.78, 5) is 14.3. The van der Waals surface area contributed by atoms with Crippen LogP contribution >= 0.6 is 0 Å². The number of halogens is 1. The van der Waals surface area contributed by atoms with Crippen LogP contribution in [0.3, 0.4) is 0 Å². The third-order valence-corrected chi connectivity index (χ3v) is 4.85. The molecule has 0 unspecified atom stereocenters. The summed E-state index contributed by atoms with van der Waals surface area (Å²) in [5.41, 5.74) is 0.535. The van der Waals surface area contributed by atoms with Gasteiger partial charge in [-0.05, 0) is 49.4 Å². The summed E-state index contributed by atoms with van der Waals surface area (Å²) in [6.45, 7) is 2.47. The van der Waals surface area contributed by atoms with Crippen molar-refractivity contribution in [2.24, 2.45) is 11.8 Å². The largest absolute Gasteiger partial charge is 0.325 e. The normalized spacial score (nSPS) is 26.1. The predicted molar refractivity (Wildman–Crippen MR) is 81.5 cm³/mol. The molecule has 1 saturated heterocycles. The van der Waals surface area contributed by atoms with Crippen molar-refractivity contribution in [3.63, 3.8) is 0 Å². The number of nitrogens with zero attached hydrogens (tertiary/aromatic N) is 1. The predicted octanol–water partition coefficient (Wildman–Crippen LogP) is 3.28. The van der Waals surface area contributed by atoms with Crippen molar-refractivity contribution in [3.05, 3.63) is 30.1 Å². The lowest BCUT2D eigenvalue weighted by Crippen LogP contribution is -2.44. The first-order chi connectivity index (χ1) is 10.2. The molecule has 2 atom stereocenters. The Kier molecular flexibility index (Phi) is 4.54. The average Bonchev–Trinajstić information content (AvgIpc) is 2.47. The number of amides is 1. The van der Waals surface area contributed by atoms with Gasteiger partial charge >= 0.3 is 0 Å². The van der Waals surface area contributed by atoms with Crippen molar-refractivity contribution in [2.75, 3.05) is 25.0 Å². The van der Waals surface area contributed by atoms with Gasteiger partial charge in [0.15, 0.2) is 0 Å². The summed E-state index contributed by atoms with van der Waals surface area (Å²) in [6, 6.07) is 6.06. The Labute approximate surface area is 125 Å². The third kappa shape index (κ3) is 3.82. The number of likely N-dealkylation sites (tertiary alicyclic amines) is 1. The van der Waals surface area contributed by atoms with Crippen molar-refractivity contribution in [3.8, 4) is 0 Å². The monoisotopic (exact) mass is 290 g/mol. The maximum Gasteiger partial charge on any atom is 0.238 e. The molecule has 3 nitrogen and oxygen atoms in total. The molecule has 1 amide bonds. The van der Waals surface area contributed by atoms with Crippen molar-refractivity contribution < 1.29 is 9.18 Å². The van der Waals surface area contributed by atoms with E-state index >= 15 is 0 Å². The number of anilines is 1. The Balaban J connectivity index is 1.51. The van der Waals surface area contributed by atoms with Crippen molar-refractivity contribution in [2.45, 2.75) is 32.1 Å². The lowest BCUT2D eigenvalue weighted by atomic mass is 9.75. The lowest BCUT2D eigenvalue weighted by Gasteiger charge is -2.41. The van der Waals surface area contributed by atoms with Crippen LogP contribution in [0.1, 0.15) is 32.1 Å². The second-order valence-corrected chi connectivity index (χ2v) is 6.39. The minimum Gasteiger partial charge on any atom is -0.325 e. The van der Waals surface area contributed by atoms with Crippen LogP contribution in [0.4, 0.5) is 10.1 Å². The molecule has 2 fully saturated rings. The van der Waals surface area contributed by atoms with Gasteiger partial charge in [0.1, 0.15) is 5.82 Å². The SMILES string of the molecule is O=C(CN1CC[C@@H]2CCCC[C@H]2C1)Nc1cccc(F)c1. The molecule has 0 radical (unpaired) electrons. The minimum atomic E-state index is -0.323. The van der Waals surface area contributed by atoms with Crippen LogP contribution in [0, 0.1) is 17.7 Å². The van der Waals surface area contributed by atoms with E-state index in [9.17, 15) is 9.18 Å². The molecule has 4 heteroatoms. The number of carbonyl (C=O) groups excluding carboxylic acids is 1. The van der Waals surface area contributed by atoms with Gasteiger partial charge in [-0.25, -0.2) is 4.39 Å². The number of carbonyl (C=O) groups is 1. The standard InChI is InChI=1S/C17H23FN2O/c18-15-6-3-7-16(10-15)19-17(21)12-20-9-8-13-4-1-2-5-14(13)11-20/h3,6-7,10,13-14H,1-2,4-5,8-9,11-12H2,(H,19,21)/t13-,14-/m0/s1. The fourth-order valence-corrected chi connectivity index (χ4v) is 3.79. The van der Waals surface area contributed by atoms with E-state index in [0.29, 0.717) is 12.2 Å². The van der Waals surface area contributed by atoms with E-state index in [4.69, 9.17) is 0 Å². The van der Waals surface area contributed by atoms with Gasteiger partial charge in [0.25, 0.3) is 0 Å². The van der Waals surface area contributed by atoms with Gasteiger partial charge < -0.3 is 5.32 Å². The number of piperidine rings is 1. The number of benzene rings is 1. The van der Waals surface area contributed by atoms with Crippen molar-refractivity contribution in [1.82, 2.24) is 4.90 Å². The maximum absolute atomic E-state index is 13.1. The fourth-order valence-electron chi connectivity index (χ4n) is 3.79. The van der Waals surface area contributed by atoms with Gasteiger partial charge in [0.05, 0.1) is 6.54 Å². The summed E-state index contributed by atoms with van der Waals surface area (Å²) in [5, 5.41) is 2.78. The number of hydrogen-bond donors (Lipinski definition) is 1. The van der Waals surface area contributed by atoms with E-state index in [2.05, 4.69) is 10.2 Å². The highest BCUT2D eigenvalue weighted by molar-refractivity contribution is 5.92. The summed E-state index contributed by atoms with van der Waals surface area (Å²) in [5.74, 6) is 1.28. The molecule has 0 aromatic heterocycles. The highest BCUT2D eigenvalue weighted by atomic mass is 19.1. The molecule has 1 saturated carbocycles. The average molecular weight is 290 g/mol. The second-order valence-electron chi connectivity index (χ2n) is 6.39. The van der Waals surface area contributed by atoms with Crippen LogP contribution in [0.5, 0.6) is 0 Å². The molecule has 0 bridgehead atoms. The van der Waals surface area contributed by atoms with E-state index in [1.54, 1.807) is 12.1 Å². The Morgan fingerprint density at radius 2 is 2.05 bits per heavy atom. The number of rotatable bonds is 3. The lowest BCUT2D eigenvalue weighted by molar-refractivity contribution is -0.118. The Morgan fingerprint density at radius 1 is 1.24 bits per heavy atom. The zero-order valence-corrected chi connectivity index (χ0v) is 12.4. The molecule has 1 aliphatic carbocycles. The van der Waals surface area contributed by atoms with Crippen LogP contribution in [-0.2, 0) is 4.79 Å². The van der Waals surface area contributed by atoms with Crippen LogP contribution in [0.25, 0.3) is 0 Å². The molecule has 114 valence electrons. The zero-order chi connectivity index (χ0) is 14.7. The van der Waals surface area contributed by atoms with Crippen LogP contribution < -0.4 is 5.32 Å². The summed E-state index contributed by atoms with van der Waals surface area (Å²) >= 11 is 0. The van der Waals surface area contributed by atoms with Gasteiger partial charge in [-0.15, -0.1) is 0 Å². The van der Waals surface area contributed by atoms with Crippen LogP contribution in [0.2, 0.25) is 0 Å². The van der Waals surface area contributed by atoms with Gasteiger partial charge in [0, 0.05) is 12.2 Å². The first-order valence-corrected chi connectivity index (χ1v) is 7.98. The van der Waals surface area contributed by atoms with Gasteiger partial charge in [-0.1, -0.05) is 25.3 Å². The summed E-state index contributed by atoms with van der Waals surface area (Å²) < 4.78 is 13.1. The molecular formula is C17H23FN2O. The first-order valence-electron chi connectivity index (χ1n) is 7.98. The maximum atomic E-state index is 13.1. The van der Waals surface area contributed by atoms with E-state index in [1.807, 2.05) is 0 Å². The van der Waals surface area contributed by atoms with E-state index in [0.717, 1.165) is 24.9 Å². The highest BCUT2D eigenvalue weighted by Gasteiger charge is 2.31. The molecule has 1 aliphatic heterocycles. The Hall–Kier alpha value is -1.42. The number of hydrogen-bond acceptors (Lipinski definition) is 2. The first kappa shape index (κ1) is 14.5. The molecule has 0 spiro atoms. The van der Waals surface area contributed by atoms with E-state index in [1.165, 1.54) is 44.2 Å². The number of nitrogens with one attached hydrogen (secondary N) is 1. The minimum absolute atomic E-state index is 0.0464. The van der Waals surface area contributed by atoms with Gasteiger partial charge in [-0.3, -0.25) is 9.69 Å². The molecule has 1 aromatic carbocycles. The Morgan fingerprint density at radius 3 is 2.86 bits per heavy atom. The quantitative estimate of drug-likeness (QED) is 0.926. The summed E-state index contributed by atoms with van der Waals surface area (Å²) in [6.07, 6.45) is 6.62. The molecule has 21 heavy (non-hydrogen) atoms. The molecule has 1 aromatic rings. The van der Waals surface area contributed by atoms with Crippen LogP contribution in [0.15, 0.2) is 24.3 Å². The zero-order valence-electron chi connectivity index (χ0n) is 12.4. The molecule has 2 aliphatic rings. The van der Waals surface area contributed by atoms with Crippen molar-refractivity contribution in [1.29, 1.82) is 0 Å². The van der Waals surface area contributed by atoms with Crippen molar-refractivity contribution >= 4 is 11.6 Å². The molecule has 3 rings (SSSR count). The molecular weight excluding hydrogens is 267 g/mol. The Bertz CT molecular complexity index is 505. The fraction of sp³-hybridized carbons (Fsp3) is 0.588. The summed E-state index contributed by atoms with van der Waals surface area (Å²) in [7, 11) is 0. The topological polar surface area (TPSA) is 32.3 Å². The number of fused-ring (bicyclic) bond motifs is 1. The third-order valence-electron chi connectivity index (χ3n) is 4.85. The van der Waals surface area contributed by atoms with Gasteiger partial charge in [0.2, 0.25) is 5.91 Å². The van der Waals surface area contributed by atoms with E-state index < -0.39 is 0 Å². The van der Waals surface area contributed by atoms with Gasteiger partial charge in [-0.2, -0.15) is 0 Å². The second kappa shape index (κ2) is 6.56. The van der Waals surface area contributed by atoms with Crippen LogP contribution in [-0.4, -0.2) is 30.4 Å². The molecule has 1 heterocycles. The highest BCUT2D eigenvalue weighted by Crippen LogP contribution is 2.35. The van der Waals surface area contributed by atoms with E-state index in [-0.39, 0.29) is 11.7 Å².